The van der Waals surface area contributed by atoms with Crippen molar-refractivity contribution in [2.24, 2.45) is 0 Å². The summed E-state index contributed by atoms with van der Waals surface area (Å²) < 4.78 is 4.74. The maximum Gasteiger partial charge on any atom is 0.308 e. The van der Waals surface area contributed by atoms with Crippen LogP contribution in [-0.4, -0.2) is 33.9 Å². The standard InChI is InChI=1S/C14H16ClNO4/c1-2-20-13(18)7-12(17)14(19)9-5-8-3-4-16-11(8)6-10(9)15/h3-6,12,14,16-17,19H,2,7H2,1H3. The average Bonchev–Trinajstić information content (AvgIpc) is 2.84. The van der Waals surface area contributed by atoms with E-state index in [0.717, 1.165) is 10.9 Å². The van der Waals surface area contributed by atoms with Gasteiger partial charge in [-0.15, -0.1) is 0 Å². The van der Waals surface area contributed by atoms with Crippen molar-refractivity contribution < 1.29 is 19.7 Å². The highest BCUT2D eigenvalue weighted by Crippen LogP contribution is 2.30. The fourth-order valence-corrected chi connectivity index (χ4v) is 2.30. The molecule has 1 aromatic heterocycles. The molecule has 0 saturated heterocycles. The Bertz CT molecular complexity index is 610. The first-order chi connectivity index (χ1) is 9.52. The number of H-pyrrole nitrogens is 1. The molecular weight excluding hydrogens is 282 g/mol. The number of carbonyl (C=O) groups excluding carboxylic acids is 1. The van der Waals surface area contributed by atoms with Gasteiger partial charge in [0, 0.05) is 22.3 Å². The maximum atomic E-state index is 11.3. The molecule has 2 aromatic rings. The van der Waals surface area contributed by atoms with Crippen molar-refractivity contribution >= 4 is 28.5 Å². The van der Waals surface area contributed by atoms with Crippen molar-refractivity contribution in [2.45, 2.75) is 25.6 Å². The lowest BCUT2D eigenvalue weighted by atomic mass is 10.0. The number of rotatable bonds is 5. The van der Waals surface area contributed by atoms with Gasteiger partial charge in [0.1, 0.15) is 6.10 Å². The molecule has 0 spiro atoms. The van der Waals surface area contributed by atoms with E-state index in [1.54, 1.807) is 25.3 Å². The summed E-state index contributed by atoms with van der Waals surface area (Å²) >= 11 is 6.09. The number of benzene rings is 1. The van der Waals surface area contributed by atoms with Gasteiger partial charge in [-0.2, -0.15) is 0 Å². The van der Waals surface area contributed by atoms with Crippen molar-refractivity contribution in [3.05, 3.63) is 35.0 Å². The number of aromatic nitrogens is 1. The molecule has 3 N–H and O–H groups in total. The highest BCUT2D eigenvalue weighted by atomic mass is 35.5. The van der Waals surface area contributed by atoms with Crippen molar-refractivity contribution in [3.63, 3.8) is 0 Å². The topological polar surface area (TPSA) is 82.6 Å². The molecule has 2 unspecified atom stereocenters. The van der Waals surface area contributed by atoms with Crippen LogP contribution in [0, 0.1) is 0 Å². The Morgan fingerprint density at radius 2 is 2.20 bits per heavy atom. The van der Waals surface area contributed by atoms with Gasteiger partial charge >= 0.3 is 5.97 Å². The van der Waals surface area contributed by atoms with Crippen LogP contribution in [0.1, 0.15) is 25.0 Å². The number of ether oxygens (including phenoxy) is 1. The molecule has 0 aliphatic rings. The second kappa shape index (κ2) is 6.26. The van der Waals surface area contributed by atoms with Crippen molar-refractivity contribution in [1.82, 2.24) is 4.98 Å². The number of nitrogens with one attached hydrogen (secondary N) is 1. The Morgan fingerprint density at radius 1 is 1.45 bits per heavy atom. The quantitative estimate of drug-likeness (QED) is 0.739. The minimum atomic E-state index is -1.26. The normalized spacial score (nSPS) is 14.2. The smallest absolute Gasteiger partial charge is 0.308 e. The van der Waals surface area contributed by atoms with E-state index in [1.807, 2.05) is 6.07 Å². The zero-order valence-corrected chi connectivity index (χ0v) is 11.7. The average molecular weight is 298 g/mol. The van der Waals surface area contributed by atoms with Gasteiger partial charge in [-0.05, 0) is 30.5 Å². The Balaban J connectivity index is 2.19. The molecule has 108 valence electrons. The third-order valence-corrected chi connectivity index (χ3v) is 3.36. The van der Waals surface area contributed by atoms with Gasteiger partial charge in [-0.3, -0.25) is 4.79 Å². The van der Waals surface area contributed by atoms with Crippen LogP contribution >= 0.6 is 11.6 Å². The molecule has 2 atom stereocenters. The number of hydrogen-bond donors (Lipinski definition) is 3. The zero-order valence-electron chi connectivity index (χ0n) is 11.0. The molecule has 20 heavy (non-hydrogen) atoms. The van der Waals surface area contributed by atoms with Crippen LogP contribution in [0.5, 0.6) is 0 Å². The number of fused-ring (bicyclic) bond motifs is 1. The lowest BCUT2D eigenvalue weighted by Gasteiger charge is -2.18. The van der Waals surface area contributed by atoms with E-state index in [-0.39, 0.29) is 13.0 Å². The van der Waals surface area contributed by atoms with Crippen molar-refractivity contribution in [1.29, 1.82) is 0 Å². The van der Waals surface area contributed by atoms with Gasteiger partial charge in [0.25, 0.3) is 0 Å². The van der Waals surface area contributed by atoms with Crippen LogP contribution in [0.15, 0.2) is 24.4 Å². The van der Waals surface area contributed by atoms with Crippen molar-refractivity contribution in [3.8, 4) is 0 Å². The first-order valence-electron chi connectivity index (χ1n) is 6.31. The van der Waals surface area contributed by atoms with Crippen LogP contribution in [-0.2, 0) is 9.53 Å². The van der Waals surface area contributed by atoms with Crippen LogP contribution < -0.4 is 0 Å². The Kier molecular flexibility index (Phi) is 4.65. The van der Waals surface area contributed by atoms with Crippen LogP contribution in [0.4, 0.5) is 0 Å². The number of aliphatic hydroxyl groups is 2. The van der Waals surface area contributed by atoms with Crippen LogP contribution in [0.3, 0.4) is 0 Å². The SMILES string of the molecule is CCOC(=O)CC(O)C(O)c1cc2cc[nH]c2cc1Cl. The number of esters is 1. The van der Waals surface area contributed by atoms with E-state index in [4.69, 9.17) is 16.3 Å². The van der Waals surface area contributed by atoms with E-state index in [0.29, 0.717) is 10.6 Å². The van der Waals surface area contributed by atoms with Gasteiger partial charge in [0.2, 0.25) is 0 Å². The second-order valence-corrected chi connectivity index (χ2v) is 4.87. The molecule has 1 aromatic carbocycles. The highest BCUT2D eigenvalue weighted by molar-refractivity contribution is 6.32. The summed E-state index contributed by atoms with van der Waals surface area (Å²) in [6.07, 6.45) is -1.03. The Labute approximate surface area is 121 Å². The van der Waals surface area contributed by atoms with Gasteiger partial charge in [-0.1, -0.05) is 11.6 Å². The molecule has 0 radical (unpaired) electrons. The second-order valence-electron chi connectivity index (χ2n) is 4.46. The molecule has 6 heteroatoms. The molecule has 0 aliphatic heterocycles. The molecule has 0 saturated carbocycles. The number of carbonyl (C=O) groups is 1. The molecule has 0 fully saturated rings. The first kappa shape index (κ1) is 14.8. The largest absolute Gasteiger partial charge is 0.466 e. The van der Waals surface area contributed by atoms with E-state index in [9.17, 15) is 15.0 Å². The Hall–Kier alpha value is -1.56. The van der Waals surface area contributed by atoms with Gasteiger partial charge in [0.15, 0.2) is 0 Å². The molecule has 0 aliphatic carbocycles. The van der Waals surface area contributed by atoms with E-state index in [1.165, 1.54) is 0 Å². The molecule has 1 heterocycles. The molecule has 5 nitrogen and oxygen atoms in total. The molecular formula is C14H16ClNO4. The third kappa shape index (κ3) is 3.12. The van der Waals surface area contributed by atoms with E-state index in [2.05, 4.69) is 4.98 Å². The minimum absolute atomic E-state index is 0.234. The first-order valence-corrected chi connectivity index (χ1v) is 6.69. The Morgan fingerprint density at radius 3 is 2.90 bits per heavy atom. The van der Waals surface area contributed by atoms with E-state index < -0.39 is 18.2 Å². The predicted molar refractivity (Wildman–Crippen MR) is 75.5 cm³/mol. The fraction of sp³-hybridized carbons (Fsp3) is 0.357. The lowest BCUT2D eigenvalue weighted by Crippen LogP contribution is -2.23. The van der Waals surface area contributed by atoms with Crippen LogP contribution in [0.25, 0.3) is 10.9 Å². The summed E-state index contributed by atoms with van der Waals surface area (Å²) in [7, 11) is 0. The minimum Gasteiger partial charge on any atom is -0.466 e. The van der Waals surface area contributed by atoms with Gasteiger partial charge < -0.3 is 19.9 Å². The number of aliphatic hydroxyl groups excluding tert-OH is 2. The number of halogens is 1. The third-order valence-electron chi connectivity index (χ3n) is 3.03. The summed E-state index contributed by atoms with van der Waals surface area (Å²) in [5.41, 5.74) is 1.22. The summed E-state index contributed by atoms with van der Waals surface area (Å²) in [5.74, 6) is -0.558. The summed E-state index contributed by atoms with van der Waals surface area (Å²) in [5, 5.41) is 21.2. The summed E-state index contributed by atoms with van der Waals surface area (Å²) in [4.78, 5) is 14.3. The molecule has 2 rings (SSSR count). The van der Waals surface area contributed by atoms with Gasteiger partial charge in [-0.25, -0.2) is 0 Å². The molecule has 0 bridgehead atoms. The maximum absolute atomic E-state index is 11.3. The number of hydrogen-bond acceptors (Lipinski definition) is 4. The zero-order chi connectivity index (χ0) is 14.7. The summed E-state index contributed by atoms with van der Waals surface area (Å²) in [6, 6.07) is 5.19. The monoisotopic (exact) mass is 297 g/mol. The van der Waals surface area contributed by atoms with Crippen molar-refractivity contribution in [2.75, 3.05) is 6.61 Å². The van der Waals surface area contributed by atoms with Crippen LogP contribution in [0.2, 0.25) is 5.02 Å². The number of aromatic amines is 1. The lowest BCUT2D eigenvalue weighted by molar-refractivity contribution is -0.147. The van der Waals surface area contributed by atoms with E-state index >= 15 is 0 Å². The van der Waals surface area contributed by atoms with Gasteiger partial charge in [0.05, 0.1) is 19.1 Å². The molecule has 0 amide bonds. The predicted octanol–water partition coefficient (Wildman–Crippen LogP) is 2.17. The summed E-state index contributed by atoms with van der Waals surface area (Å²) in [6.45, 7) is 1.91. The highest BCUT2D eigenvalue weighted by Gasteiger charge is 2.24. The fourth-order valence-electron chi connectivity index (χ4n) is 2.03.